The number of esters is 1. The van der Waals surface area contributed by atoms with Gasteiger partial charge in [0.05, 0.1) is 12.7 Å². The number of hydrogen-bond donors (Lipinski definition) is 1. The maximum Gasteiger partial charge on any atom is 0.490 e. The minimum absolute atomic E-state index is 0.00181. The van der Waals surface area contributed by atoms with E-state index in [0.717, 1.165) is 0 Å². The van der Waals surface area contributed by atoms with Crippen molar-refractivity contribution >= 4 is 5.97 Å². The van der Waals surface area contributed by atoms with E-state index >= 15 is 0 Å². The Labute approximate surface area is 67.1 Å². The number of ether oxygens (including phenoxy) is 1. The second-order valence-corrected chi connectivity index (χ2v) is 2.27. The van der Waals surface area contributed by atoms with Gasteiger partial charge in [-0.25, -0.2) is 4.79 Å². The summed E-state index contributed by atoms with van der Waals surface area (Å²) in [4.78, 5) is 10.0. The van der Waals surface area contributed by atoms with E-state index in [-0.39, 0.29) is 6.42 Å². The van der Waals surface area contributed by atoms with E-state index in [0.29, 0.717) is 0 Å². The Bertz CT molecular complexity index is 153. The third-order valence-corrected chi connectivity index (χ3v) is 1.00. The van der Waals surface area contributed by atoms with Crippen LogP contribution in [0.5, 0.6) is 0 Å². The molecule has 0 bridgehead atoms. The lowest BCUT2D eigenvalue weighted by Gasteiger charge is -2.07. The molecule has 1 N–H and O–H groups in total. The number of carbonyl (C=O) groups is 1. The third-order valence-electron chi connectivity index (χ3n) is 1.00. The zero-order valence-corrected chi connectivity index (χ0v) is 6.39. The summed E-state index contributed by atoms with van der Waals surface area (Å²) in [5, 5.41) is 8.60. The SMILES string of the molecule is CC(O)CCOC(=O)C(F)(F)F. The maximum absolute atomic E-state index is 11.4. The molecule has 72 valence electrons. The highest BCUT2D eigenvalue weighted by Gasteiger charge is 2.40. The Balaban J connectivity index is 3.59. The Morgan fingerprint density at radius 3 is 2.42 bits per heavy atom. The molecule has 0 amide bonds. The lowest BCUT2D eigenvalue weighted by Crippen LogP contribution is -2.26. The van der Waals surface area contributed by atoms with Gasteiger partial charge in [0.15, 0.2) is 0 Å². The fraction of sp³-hybridized carbons (Fsp3) is 0.833. The van der Waals surface area contributed by atoms with Crippen LogP contribution >= 0.6 is 0 Å². The standard InChI is InChI=1S/C6H9F3O3/c1-4(10)2-3-12-5(11)6(7,8)9/h4,10H,2-3H2,1H3. The fourth-order valence-electron chi connectivity index (χ4n) is 0.404. The number of hydrogen-bond acceptors (Lipinski definition) is 3. The van der Waals surface area contributed by atoms with Gasteiger partial charge in [0.25, 0.3) is 0 Å². The molecule has 0 spiro atoms. The monoisotopic (exact) mass is 186 g/mol. The van der Waals surface area contributed by atoms with Gasteiger partial charge in [0, 0.05) is 6.42 Å². The van der Waals surface area contributed by atoms with E-state index < -0.39 is 24.9 Å². The maximum atomic E-state index is 11.4. The van der Waals surface area contributed by atoms with E-state index in [2.05, 4.69) is 4.74 Å². The lowest BCUT2D eigenvalue weighted by atomic mass is 10.3. The van der Waals surface area contributed by atoms with Crippen LogP contribution in [0.3, 0.4) is 0 Å². The average Bonchev–Trinajstić information content (AvgIpc) is 1.84. The number of halogens is 3. The zero-order valence-electron chi connectivity index (χ0n) is 6.39. The molecular weight excluding hydrogens is 177 g/mol. The van der Waals surface area contributed by atoms with Gasteiger partial charge in [-0.15, -0.1) is 0 Å². The average molecular weight is 186 g/mol. The van der Waals surface area contributed by atoms with Crippen LogP contribution in [-0.2, 0) is 9.53 Å². The van der Waals surface area contributed by atoms with Crippen molar-refractivity contribution < 1.29 is 27.8 Å². The van der Waals surface area contributed by atoms with Crippen LogP contribution in [0.4, 0.5) is 13.2 Å². The van der Waals surface area contributed by atoms with Crippen molar-refractivity contribution in [1.29, 1.82) is 0 Å². The highest BCUT2D eigenvalue weighted by atomic mass is 19.4. The summed E-state index contributed by atoms with van der Waals surface area (Å²) < 4.78 is 38.1. The summed E-state index contributed by atoms with van der Waals surface area (Å²) in [5.41, 5.74) is 0. The molecule has 0 aliphatic carbocycles. The molecule has 0 aliphatic heterocycles. The Morgan fingerprint density at radius 1 is 1.58 bits per heavy atom. The molecule has 6 heteroatoms. The minimum Gasteiger partial charge on any atom is -0.459 e. The molecule has 0 fully saturated rings. The van der Waals surface area contributed by atoms with Crippen molar-refractivity contribution in [2.75, 3.05) is 6.61 Å². The van der Waals surface area contributed by atoms with Crippen LogP contribution in [0.25, 0.3) is 0 Å². The molecule has 12 heavy (non-hydrogen) atoms. The molecule has 0 aromatic rings. The van der Waals surface area contributed by atoms with E-state index in [1.807, 2.05) is 0 Å². The Morgan fingerprint density at radius 2 is 2.08 bits per heavy atom. The van der Waals surface area contributed by atoms with Crippen molar-refractivity contribution in [1.82, 2.24) is 0 Å². The number of rotatable bonds is 3. The van der Waals surface area contributed by atoms with Gasteiger partial charge in [-0.2, -0.15) is 13.2 Å². The Kier molecular flexibility index (Phi) is 4.02. The van der Waals surface area contributed by atoms with E-state index in [1.54, 1.807) is 0 Å². The highest BCUT2D eigenvalue weighted by Crippen LogP contribution is 2.16. The second-order valence-electron chi connectivity index (χ2n) is 2.27. The third kappa shape index (κ3) is 4.95. The summed E-state index contributed by atoms with van der Waals surface area (Å²) in [6.07, 6.45) is -5.72. The summed E-state index contributed by atoms with van der Waals surface area (Å²) in [5.74, 6) is -2.22. The van der Waals surface area contributed by atoms with E-state index in [4.69, 9.17) is 5.11 Å². The highest BCUT2D eigenvalue weighted by molar-refractivity contribution is 5.75. The molecule has 0 radical (unpaired) electrons. The van der Waals surface area contributed by atoms with Crippen LogP contribution in [0.2, 0.25) is 0 Å². The summed E-state index contributed by atoms with van der Waals surface area (Å²) >= 11 is 0. The first kappa shape index (κ1) is 11.2. The van der Waals surface area contributed by atoms with Gasteiger partial charge in [-0.05, 0) is 6.92 Å². The van der Waals surface area contributed by atoms with Crippen LogP contribution in [0, 0.1) is 0 Å². The second kappa shape index (κ2) is 4.30. The Hall–Kier alpha value is -0.780. The smallest absolute Gasteiger partial charge is 0.459 e. The number of carbonyl (C=O) groups excluding carboxylic acids is 1. The summed E-state index contributed by atoms with van der Waals surface area (Å²) in [6.45, 7) is 0.970. The summed E-state index contributed by atoms with van der Waals surface area (Å²) in [6, 6.07) is 0. The van der Waals surface area contributed by atoms with Crippen molar-refractivity contribution in [3.63, 3.8) is 0 Å². The molecular formula is C6H9F3O3. The zero-order chi connectivity index (χ0) is 9.78. The molecule has 1 unspecified atom stereocenters. The van der Waals surface area contributed by atoms with Gasteiger partial charge in [0.2, 0.25) is 0 Å². The van der Waals surface area contributed by atoms with Crippen molar-refractivity contribution in [2.24, 2.45) is 0 Å². The normalized spacial score (nSPS) is 14.1. The quantitative estimate of drug-likeness (QED) is 0.665. The number of aliphatic hydroxyl groups excluding tert-OH is 1. The molecule has 3 nitrogen and oxygen atoms in total. The van der Waals surface area contributed by atoms with E-state index in [9.17, 15) is 18.0 Å². The predicted molar refractivity (Wildman–Crippen MR) is 33.3 cm³/mol. The van der Waals surface area contributed by atoms with Crippen LogP contribution < -0.4 is 0 Å². The summed E-state index contributed by atoms with van der Waals surface area (Å²) in [7, 11) is 0. The van der Waals surface area contributed by atoms with Crippen molar-refractivity contribution in [2.45, 2.75) is 25.6 Å². The lowest BCUT2D eigenvalue weighted by molar-refractivity contribution is -0.200. The molecule has 0 saturated carbocycles. The van der Waals surface area contributed by atoms with Crippen LogP contribution in [0.15, 0.2) is 0 Å². The molecule has 0 aromatic heterocycles. The molecule has 0 rings (SSSR count). The first-order chi connectivity index (χ1) is 5.34. The molecule has 0 aliphatic rings. The largest absolute Gasteiger partial charge is 0.490 e. The van der Waals surface area contributed by atoms with Crippen LogP contribution in [0.1, 0.15) is 13.3 Å². The number of aliphatic hydroxyl groups is 1. The van der Waals surface area contributed by atoms with Gasteiger partial charge >= 0.3 is 12.1 Å². The van der Waals surface area contributed by atoms with E-state index in [1.165, 1.54) is 6.92 Å². The topological polar surface area (TPSA) is 46.5 Å². The van der Waals surface area contributed by atoms with Crippen LogP contribution in [-0.4, -0.2) is 30.0 Å². The molecule has 1 atom stereocenters. The van der Waals surface area contributed by atoms with Gasteiger partial charge in [-0.1, -0.05) is 0 Å². The van der Waals surface area contributed by atoms with Crippen molar-refractivity contribution in [3.8, 4) is 0 Å². The molecule has 0 aromatic carbocycles. The predicted octanol–water partition coefficient (Wildman–Crippen LogP) is 0.863. The molecule has 0 heterocycles. The van der Waals surface area contributed by atoms with Crippen molar-refractivity contribution in [3.05, 3.63) is 0 Å². The van der Waals surface area contributed by atoms with Gasteiger partial charge in [0.1, 0.15) is 0 Å². The fourth-order valence-corrected chi connectivity index (χ4v) is 0.404. The minimum atomic E-state index is -4.95. The number of alkyl halides is 3. The van der Waals surface area contributed by atoms with Gasteiger partial charge < -0.3 is 9.84 Å². The van der Waals surface area contributed by atoms with Gasteiger partial charge in [-0.3, -0.25) is 0 Å². The molecule has 0 saturated heterocycles. The first-order valence-electron chi connectivity index (χ1n) is 3.26. The first-order valence-corrected chi connectivity index (χ1v) is 3.26.